The summed E-state index contributed by atoms with van der Waals surface area (Å²) in [7, 11) is 0. The lowest BCUT2D eigenvalue weighted by molar-refractivity contribution is 0.0838. The lowest BCUT2D eigenvalue weighted by Gasteiger charge is -2.38. The molecule has 1 aliphatic heterocycles. The minimum Gasteiger partial charge on any atom is -0.388 e. The van der Waals surface area contributed by atoms with Crippen molar-refractivity contribution in [1.29, 1.82) is 0 Å². The summed E-state index contributed by atoms with van der Waals surface area (Å²) in [6.07, 6.45) is 2.11. The number of rotatable bonds is 4. The van der Waals surface area contributed by atoms with Crippen LogP contribution < -0.4 is 0 Å². The first-order chi connectivity index (χ1) is 9.47. The number of nitrogens with zero attached hydrogens (tertiary/aromatic N) is 1. The largest absolute Gasteiger partial charge is 0.388 e. The average molecular weight is 283 g/mol. The summed E-state index contributed by atoms with van der Waals surface area (Å²) in [6, 6.07) is 3.73. The van der Waals surface area contributed by atoms with E-state index in [0.717, 1.165) is 19.2 Å². The molecule has 0 saturated carbocycles. The van der Waals surface area contributed by atoms with Gasteiger partial charge in [-0.15, -0.1) is 0 Å². The van der Waals surface area contributed by atoms with E-state index in [4.69, 9.17) is 0 Å². The minimum absolute atomic E-state index is 0.320. The molecule has 112 valence electrons. The molecule has 0 aromatic heterocycles. The molecule has 2 rings (SSSR count). The van der Waals surface area contributed by atoms with Crippen molar-refractivity contribution in [3.8, 4) is 0 Å². The molecule has 1 heterocycles. The highest BCUT2D eigenvalue weighted by Gasteiger charge is 2.25. The van der Waals surface area contributed by atoms with E-state index in [1.807, 2.05) is 0 Å². The Morgan fingerprint density at radius 1 is 1.25 bits per heavy atom. The van der Waals surface area contributed by atoms with Gasteiger partial charge in [-0.3, -0.25) is 0 Å². The van der Waals surface area contributed by atoms with Crippen LogP contribution in [0.4, 0.5) is 8.78 Å². The molecule has 1 aliphatic rings. The van der Waals surface area contributed by atoms with Crippen molar-refractivity contribution in [1.82, 2.24) is 4.90 Å². The first-order valence-corrected chi connectivity index (χ1v) is 7.35. The van der Waals surface area contributed by atoms with E-state index in [2.05, 4.69) is 18.7 Å². The number of hydrogen-bond donors (Lipinski definition) is 1. The van der Waals surface area contributed by atoms with Gasteiger partial charge in [0, 0.05) is 18.7 Å². The first kappa shape index (κ1) is 15.4. The zero-order valence-corrected chi connectivity index (χ0v) is 12.1. The van der Waals surface area contributed by atoms with Crippen molar-refractivity contribution >= 4 is 0 Å². The van der Waals surface area contributed by atoms with Gasteiger partial charge in [-0.05, 0) is 56.3 Å². The zero-order valence-electron chi connectivity index (χ0n) is 12.1. The molecule has 1 N–H and O–H groups in total. The van der Waals surface area contributed by atoms with Crippen LogP contribution in [0.5, 0.6) is 0 Å². The van der Waals surface area contributed by atoms with Gasteiger partial charge in [0.25, 0.3) is 0 Å². The Balaban J connectivity index is 1.92. The van der Waals surface area contributed by atoms with Crippen LogP contribution in [-0.2, 0) is 0 Å². The topological polar surface area (TPSA) is 23.5 Å². The van der Waals surface area contributed by atoms with Crippen LogP contribution in [0.3, 0.4) is 0 Å². The van der Waals surface area contributed by atoms with E-state index in [1.165, 1.54) is 25.0 Å². The Morgan fingerprint density at radius 3 is 2.55 bits per heavy atom. The monoisotopic (exact) mass is 283 g/mol. The third-order valence-electron chi connectivity index (χ3n) is 4.46. The highest BCUT2D eigenvalue weighted by atomic mass is 19.1. The van der Waals surface area contributed by atoms with Crippen molar-refractivity contribution < 1.29 is 13.9 Å². The smallest absolute Gasteiger partial charge is 0.126 e. The maximum Gasteiger partial charge on any atom is 0.126 e. The van der Waals surface area contributed by atoms with Gasteiger partial charge >= 0.3 is 0 Å². The maximum atomic E-state index is 13.1. The summed E-state index contributed by atoms with van der Waals surface area (Å²) in [5.74, 6) is -0.620. The third kappa shape index (κ3) is 3.76. The molecule has 0 spiro atoms. The summed E-state index contributed by atoms with van der Waals surface area (Å²) < 4.78 is 26.3. The molecule has 0 amide bonds. The van der Waals surface area contributed by atoms with Gasteiger partial charge in [0.15, 0.2) is 0 Å². The van der Waals surface area contributed by atoms with Gasteiger partial charge in [0.05, 0.1) is 6.10 Å². The van der Waals surface area contributed by atoms with E-state index in [9.17, 15) is 13.9 Å². The summed E-state index contributed by atoms with van der Waals surface area (Å²) in [6.45, 7) is 6.24. The predicted octanol–water partition coefficient (Wildman–Crippen LogP) is 3.51. The molecule has 2 nitrogen and oxygen atoms in total. The second-order valence-corrected chi connectivity index (χ2v) is 5.90. The SMILES string of the molecule is CC1CCCN(CCC(O)c2cc(F)cc(F)c2)C1C. The molecule has 1 aromatic carbocycles. The van der Waals surface area contributed by atoms with Crippen molar-refractivity contribution in [2.75, 3.05) is 13.1 Å². The number of aliphatic hydroxyl groups is 1. The van der Waals surface area contributed by atoms with Gasteiger partial charge in [-0.1, -0.05) is 6.92 Å². The number of piperidine rings is 1. The summed E-state index contributed by atoms with van der Waals surface area (Å²) in [5, 5.41) is 10.1. The van der Waals surface area contributed by atoms with Crippen LogP contribution in [0, 0.1) is 17.6 Å². The average Bonchev–Trinajstić information content (AvgIpc) is 2.39. The molecule has 3 atom stereocenters. The Morgan fingerprint density at radius 2 is 1.90 bits per heavy atom. The standard InChI is InChI=1S/C16H23F2NO/c1-11-4-3-6-19(12(11)2)7-5-16(20)13-8-14(17)10-15(18)9-13/h8-12,16,20H,3-7H2,1-2H3. The van der Waals surface area contributed by atoms with Crippen molar-refractivity contribution in [3.63, 3.8) is 0 Å². The van der Waals surface area contributed by atoms with Crippen LogP contribution in [0.15, 0.2) is 18.2 Å². The fourth-order valence-corrected chi connectivity index (χ4v) is 2.96. The van der Waals surface area contributed by atoms with E-state index in [-0.39, 0.29) is 0 Å². The van der Waals surface area contributed by atoms with Gasteiger partial charge in [-0.25, -0.2) is 8.78 Å². The molecule has 1 fully saturated rings. The summed E-state index contributed by atoms with van der Waals surface area (Å²) >= 11 is 0. The number of benzene rings is 1. The lowest BCUT2D eigenvalue weighted by atomic mass is 9.91. The Kier molecular flexibility index (Phi) is 5.11. The minimum atomic E-state index is -0.815. The van der Waals surface area contributed by atoms with E-state index >= 15 is 0 Å². The predicted molar refractivity (Wildman–Crippen MR) is 75.4 cm³/mol. The fourth-order valence-electron chi connectivity index (χ4n) is 2.96. The number of halogens is 2. The van der Waals surface area contributed by atoms with Crippen LogP contribution in [0.25, 0.3) is 0 Å². The summed E-state index contributed by atoms with van der Waals surface area (Å²) in [4.78, 5) is 2.35. The lowest BCUT2D eigenvalue weighted by Crippen LogP contribution is -2.43. The Labute approximate surface area is 119 Å². The molecular formula is C16H23F2NO. The fraction of sp³-hybridized carbons (Fsp3) is 0.625. The first-order valence-electron chi connectivity index (χ1n) is 7.35. The van der Waals surface area contributed by atoms with Crippen LogP contribution >= 0.6 is 0 Å². The Bertz CT molecular complexity index is 432. The van der Waals surface area contributed by atoms with E-state index < -0.39 is 17.7 Å². The van der Waals surface area contributed by atoms with Gasteiger partial charge in [0.1, 0.15) is 11.6 Å². The van der Waals surface area contributed by atoms with Gasteiger partial charge < -0.3 is 10.0 Å². The maximum absolute atomic E-state index is 13.1. The Hall–Kier alpha value is -1.00. The molecular weight excluding hydrogens is 260 g/mol. The highest BCUT2D eigenvalue weighted by molar-refractivity contribution is 5.20. The second-order valence-electron chi connectivity index (χ2n) is 5.90. The van der Waals surface area contributed by atoms with Gasteiger partial charge in [0.2, 0.25) is 0 Å². The van der Waals surface area contributed by atoms with Crippen molar-refractivity contribution in [2.45, 2.75) is 45.3 Å². The quantitative estimate of drug-likeness (QED) is 0.914. The molecule has 0 bridgehead atoms. The highest BCUT2D eigenvalue weighted by Crippen LogP contribution is 2.25. The number of aliphatic hydroxyl groups excluding tert-OH is 1. The van der Waals surface area contributed by atoms with Crippen LogP contribution in [-0.4, -0.2) is 29.1 Å². The molecule has 20 heavy (non-hydrogen) atoms. The van der Waals surface area contributed by atoms with Crippen molar-refractivity contribution in [2.24, 2.45) is 5.92 Å². The normalized spacial score (nSPS) is 25.6. The molecule has 0 radical (unpaired) electrons. The van der Waals surface area contributed by atoms with E-state index in [1.54, 1.807) is 0 Å². The number of hydrogen-bond acceptors (Lipinski definition) is 2. The van der Waals surface area contributed by atoms with Crippen molar-refractivity contribution in [3.05, 3.63) is 35.4 Å². The number of likely N-dealkylation sites (tertiary alicyclic amines) is 1. The summed E-state index contributed by atoms with van der Waals surface area (Å²) in [5.41, 5.74) is 0.320. The molecule has 0 aliphatic carbocycles. The van der Waals surface area contributed by atoms with Crippen LogP contribution in [0.2, 0.25) is 0 Å². The molecule has 4 heteroatoms. The molecule has 3 unspecified atom stereocenters. The van der Waals surface area contributed by atoms with E-state index in [0.29, 0.717) is 23.9 Å². The molecule has 1 aromatic rings. The second kappa shape index (κ2) is 6.64. The zero-order chi connectivity index (χ0) is 14.7. The van der Waals surface area contributed by atoms with Gasteiger partial charge in [-0.2, -0.15) is 0 Å². The third-order valence-corrected chi connectivity index (χ3v) is 4.46. The van der Waals surface area contributed by atoms with Crippen LogP contribution in [0.1, 0.15) is 44.8 Å². The molecule has 1 saturated heterocycles.